The normalized spacial score (nSPS) is 10.6. The number of nitrogens with one attached hydrogen (secondary N) is 1. The molecule has 0 spiro atoms. The van der Waals surface area contributed by atoms with Gasteiger partial charge in [0.05, 0.1) is 16.7 Å². The lowest BCUT2D eigenvalue weighted by Crippen LogP contribution is -2.13. The van der Waals surface area contributed by atoms with Gasteiger partial charge in [0.25, 0.3) is 5.91 Å². The fraction of sp³-hybridized carbons (Fsp3) is 0.375. The van der Waals surface area contributed by atoms with Gasteiger partial charge < -0.3 is 10.1 Å². The quantitative estimate of drug-likeness (QED) is 0.786. The van der Waals surface area contributed by atoms with Crippen LogP contribution in [0.2, 0.25) is 10.0 Å². The Morgan fingerprint density at radius 2 is 2.04 bits per heavy atom. The van der Waals surface area contributed by atoms with Gasteiger partial charge in [0.15, 0.2) is 0 Å². The molecule has 0 bridgehead atoms. The summed E-state index contributed by atoms with van der Waals surface area (Å²) in [5.74, 6) is 0.0507. The van der Waals surface area contributed by atoms with Crippen LogP contribution < -0.4 is 10.1 Å². The van der Waals surface area contributed by atoms with E-state index in [1.807, 2.05) is 13.8 Å². The number of aromatic nitrogens is 2. The summed E-state index contributed by atoms with van der Waals surface area (Å²) >= 11 is 11.8. The molecule has 0 unspecified atom stereocenters. The molecule has 0 saturated carbocycles. The lowest BCUT2D eigenvalue weighted by molar-refractivity contribution is 0.102. The Labute approximate surface area is 145 Å². The number of anilines is 1. The second-order valence-corrected chi connectivity index (χ2v) is 5.86. The van der Waals surface area contributed by atoms with Crippen LogP contribution in [0.25, 0.3) is 0 Å². The van der Waals surface area contributed by atoms with Crippen LogP contribution in [0.1, 0.15) is 37.0 Å². The van der Waals surface area contributed by atoms with Crippen molar-refractivity contribution in [3.05, 3.63) is 40.0 Å². The third-order valence-corrected chi connectivity index (χ3v) is 3.78. The minimum atomic E-state index is -0.295. The number of aryl methyl sites for hydroxylation is 1. The lowest BCUT2D eigenvalue weighted by atomic mass is 10.2. The number of hydrogen-bond acceptors (Lipinski definition) is 3. The smallest absolute Gasteiger partial charge is 0.262 e. The van der Waals surface area contributed by atoms with Gasteiger partial charge in [0, 0.05) is 18.4 Å². The van der Waals surface area contributed by atoms with Gasteiger partial charge in [-0.25, -0.2) is 0 Å². The van der Waals surface area contributed by atoms with Crippen LogP contribution in [0.4, 0.5) is 5.69 Å². The van der Waals surface area contributed by atoms with E-state index < -0.39 is 0 Å². The highest BCUT2D eigenvalue weighted by molar-refractivity contribution is 6.42. The largest absolute Gasteiger partial charge is 0.476 e. The van der Waals surface area contributed by atoms with Crippen LogP contribution in [0.5, 0.6) is 5.88 Å². The fourth-order valence-corrected chi connectivity index (χ4v) is 2.28. The molecular weight excluding hydrogens is 337 g/mol. The van der Waals surface area contributed by atoms with Gasteiger partial charge >= 0.3 is 0 Å². The number of hydrogen-bond donors (Lipinski definition) is 1. The molecule has 1 aromatic carbocycles. The molecule has 0 saturated heterocycles. The molecule has 124 valence electrons. The minimum absolute atomic E-state index is 0.295. The molecule has 1 N–H and O–H groups in total. The summed E-state index contributed by atoms with van der Waals surface area (Å²) in [5.41, 5.74) is 0.965. The van der Waals surface area contributed by atoms with Crippen LogP contribution in [0, 0.1) is 0 Å². The number of nitrogens with zero attached hydrogens (tertiary/aromatic N) is 2. The summed E-state index contributed by atoms with van der Waals surface area (Å²) in [5, 5.41) is 7.92. The molecule has 7 heteroatoms. The first-order valence-electron chi connectivity index (χ1n) is 7.51. The van der Waals surface area contributed by atoms with Crippen molar-refractivity contribution in [3.63, 3.8) is 0 Å². The average molecular weight is 356 g/mol. The zero-order chi connectivity index (χ0) is 16.8. The molecule has 0 aliphatic carbocycles. The molecule has 1 aromatic heterocycles. The van der Waals surface area contributed by atoms with Crippen molar-refractivity contribution < 1.29 is 9.53 Å². The Hall–Kier alpha value is -1.72. The van der Waals surface area contributed by atoms with Gasteiger partial charge in [-0.3, -0.25) is 9.48 Å². The molecule has 0 radical (unpaired) electrons. The van der Waals surface area contributed by atoms with Crippen molar-refractivity contribution >= 4 is 34.8 Å². The predicted octanol–water partition coefficient (Wildman–Crippen LogP) is 4.64. The zero-order valence-corrected chi connectivity index (χ0v) is 14.6. The van der Waals surface area contributed by atoms with E-state index in [1.165, 1.54) is 0 Å². The van der Waals surface area contributed by atoms with E-state index >= 15 is 0 Å². The number of halogens is 2. The van der Waals surface area contributed by atoms with Crippen LogP contribution in [0.15, 0.2) is 24.4 Å². The van der Waals surface area contributed by atoms with Gasteiger partial charge in [-0.1, -0.05) is 37.0 Å². The Morgan fingerprint density at radius 3 is 2.70 bits per heavy atom. The first kappa shape index (κ1) is 17.6. The number of carbonyl (C=O) groups excluding carboxylic acids is 1. The van der Waals surface area contributed by atoms with Crippen LogP contribution in [-0.4, -0.2) is 22.3 Å². The molecule has 0 atom stereocenters. The molecule has 0 aliphatic rings. The second kappa shape index (κ2) is 8.22. The summed E-state index contributed by atoms with van der Waals surface area (Å²) < 4.78 is 7.29. The summed E-state index contributed by atoms with van der Waals surface area (Å²) in [6.45, 7) is 5.28. The highest BCUT2D eigenvalue weighted by Crippen LogP contribution is 2.26. The molecule has 0 aliphatic heterocycles. The summed E-state index contributed by atoms with van der Waals surface area (Å²) in [4.78, 5) is 12.5. The predicted molar refractivity (Wildman–Crippen MR) is 92.7 cm³/mol. The maximum absolute atomic E-state index is 12.5. The summed E-state index contributed by atoms with van der Waals surface area (Å²) in [6.07, 6.45) is 3.46. The third-order valence-electron chi connectivity index (χ3n) is 3.05. The molecule has 1 amide bonds. The van der Waals surface area contributed by atoms with Crippen LogP contribution >= 0.6 is 23.2 Å². The van der Waals surface area contributed by atoms with Gasteiger partial charge in [0.2, 0.25) is 5.88 Å². The Balaban J connectivity index is 2.20. The number of amides is 1. The monoisotopic (exact) mass is 355 g/mol. The molecule has 2 rings (SSSR count). The zero-order valence-electron chi connectivity index (χ0n) is 13.1. The van der Waals surface area contributed by atoms with E-state index in [9.17, 15) is 4.79 Å². The van der Waals surface area contributed by atoms with E-state index in [1.54, 1.807) is 29.1 Å². The summed E-state index contributed by atoms with van der Waals surface area (Å²) in [7, 11) is 0. The maximum Gasteiger partial charge on any atom is 0.262 e. The standard InChI is InChI=1S/C16H19Cl2N3O2/c1-3-7-21-10-12(16(20-21)23-8-4-2)15(22)19-11-5-6-13(17)14(18)9-11/h5-6,9-10H,3-4,7-8H2,1-2H3,(H,19,22). The van der Waals surface area contributed by atoms with Crippen molar-refractivity contribution in [2.75, 3.05) is 11.9 Å². The average Bonchev–Trinajstić information content (AvgIpc) is 2.92. The molecule has 2 aromatic rings. The first-order valence-corrected chi connectivity index (χ1v) is 8.27. The van der Waals surface area contributed by atoms with E-state index in [0.29, 0.717) is 33.8 Å². The topological polar surface area (TPSA) is 56.2 Å². The van der Waals surface area contributed by atoms with E-state index in [-0.39, 0.29) is 5.91 Å². The number of ether oxygens (including phenoxy) is 1. The number of benzene rings is 1. The van der Waals surface area contributed by atoms with E-state index in [4.69, 9.17) is 27.9 Å². The van der Waals surface area contributed by atoms with Gasteiger partial charge in [-0.2, -0.15) is 0 Å². The van der Waals surface area contributed by atoms with Gasteiger partial charge in [0.1, 0.15) is 5.56 Å². The van der Waals surface area contributed by atoms with Gasteiger partial charge in [-0.05, 0) is 31.0 Å². The summed E-state index contributed by atoms with van der Waals surface area (Å²) in [6, 6.07) is 4.93. The van der Waals surface area contributed by atoms with Gasteiger partial charge in [-0.15, -0.1) is 5.10 Å². The highest BCUT2D eigenvalue weighted by Gasteiger charge is 2.18. The Kier molecular flexibility index (Phi) is 6.30. The Bertz CT molecular complexity index is 686. The van der Waals surface area contributed by atoms with E-state index in [0.717, 1.165) is 19.4 Å². The molecule has 1 heterocycles. The van der Waals surface area contributed by atoms with Crippen molar-refractivity contribution in [1.29, 1.82) is 0 Å². The SMILES string of the molecule is CCCOc1nn(CCC)cc1C(=O)Nc1ccc(Cl)c(Cl)c1. The maximum atomic E-state index is 12.5. The van der Waals surface area contributed by atoms with Crippen LogP contribution in [0.3, 0.4) is 0 Å². The molecule has 0 fully saturated rings. The molecule has 5 nitrogen and oxygen atoms in total. The van der Waals surface area contributed by atoms with Crippen LogP contribution in [-0.2, 0) is 6.54 Å². The van der Waals surface area contributed by atoms with Crippen molar-refractivity contribution in [2.45, 2.75) is 33.2 Å². The van der Waals surface area contributed by atoms with Crippen molar-refractivity contribution in [2.24, 2.45) is 0 Å². The molecular formula is C16H19Cl2N3O2. The Morgan fingerprint density at radius 1 is 1.26 bits per heavy atom. The van der Waals surface area contributed by atoms with E-state index in [2.05, 4.69) is 10.4 Å². The minimum Gasteiger partial charge on any atom is -0.476 e. The number of carbonyl (C=O) groups is 1. The van der Waals surface area contributed by atoms with Crippen molar-refractivity contribution in [1.82, 2.24) is 9.78 Å². The lowest BCUT2D eigenvalue weighted by Gasteiger charge is -2.07. The fourth-order valence-electron chi connectivity index (χ4n) is 1.98. The first-order chi connectivity index (χ1) is 11.0. The third kappa shape index (κ3) is 4.62. The molecule has 23 heavy (non-hydrogen) atoms. The highest BCUT2D eigenvalue weighted by atomic mass is 35.5. The second-order valence-electron chi connectivity index (χ2n) is 5.04. The van der Waals surface area contributed by atoms with Crippen molar-refractivity contribution in [3.8, 4) is 5.88 Å². The number of rotatable bonds is 7.